The van der Waals surface area contributed by atoms with Crippen LogP contribution in [0.2, 0.25) is 0 Å². The van der Waals surface area contributed by atoms with E-state index in [9.17, 15) is 18.0 Å². The van der Waals surface area contributed by atoms with Crippen molar-refractivity contribution in [1.82, 2.24) is 14.5 Å². The van der Waals surface area contributed by atoms with Gasteiger partial charge in [0.25, 0.3) is 5.91 Å². The number of sulfonamides is 1. The van der Waals surface area contributed by atoms with E-state index in [1.54, 1.807) is 17.0 Å². The van der Waals surface area contributed by atoms with E-state index in [0.29, 0.717) is 51.2 Å². The second kappa shape index (κ2) is 10.6. The smallest absolute Gasteiger partial charge is 0.253 e. The number of carbonyl (C=O) groups excluding carboxylic acids is 2. The maximum Gasteiger partial charge on any atom is 0.253 e. The summed E-state index contributed by atoms with van der Waals surface area (Å²) in [5.41, 5.74) is 0.341. The number of rotatable bonds is 8. The van der Waals surface area contributed by atoms with Crippen molar-refractivity contribution in [3.63, 3.8) is 0 Å². The molecule has 2 saturated heterocycles. The molecule has 8 nitrogen and oxygen atoms in total. The first-order valence-electron chi connectivity index (χ1n) is 11.1. The molecule has 2 aliphatic rings. The van der Waals surface area contributed by atoms with E-state index in [4.69, 9.17) is 4.74 Å². The Labute approximate surface area is 185 Å². The summed E-state index contributed by atoms with van der Waals surface area (Å²) in [6.07, 6.45) is 2.94. The van der Waals surface area contributed by atoms with Crippen LogP contribution in [0, 0.1) is 5.92 Å². The minimum Gasteiger partial charge on any atom is -0.377 e. The van der Waals surface area contributed by atoms with Crippen molar-refractivity contribution in [2.24, 2.45) is 5.92 Å². The van der Waals surface area contributed by atoms with Gasteiger partial charge in [0.1, 0.15) is 0 Å². The number of amides is 2. The van der Waals surface area contributed by atoms with Gasteiger partial charge < -0.3 is 14.5 Å². The molecule has 1 atom stereocenters. The highest BCUT2D eigenvalue weighted by atomic mass is 32.2. The summed E-state index contributed by atoms with van der Waals surface area (Å²) in [6, 6.07) is 6.13. The number of likely N-dealkylation sites (tertiary alicyclic amines) is 1. The van der Waals surface area contributed by atoms with Crippen LogP contribution < -0.4 is 4.72 Å². The number of ether oxygens (including phenoxy) is 1. The van der Waals surface area contributed by atoms with Gasteiger partial charge in [-0.3, -0.25) is 9.59 Å². The first kappa shape index (κ1) is 23.7. The lowest BCUT2D eigenvalue weighted by Gasteiger charge is -2.33. The topological polar surface area (TPSA) is 96.0 Å². The van der Waals surface area contributed by atoms with Gasteiger partial charge in [0.15, 0.2) is 0 Å². The molecule has 9 heteroatoms. The highest BCUT2D eigenvalue weighted by Crippen LogP contribution is 2.22. The third-order valence-electron chi connectivity index (χ3n) is 6.12. The summed E-state index contributed by atoms with van der Waals surface area (Å²) in [6.45, 7) is 7.19. The van der Waals surface area contributed by atoms with Gasteiger partial charge in [-0.2, -0.15) is 0 Å². The zero-order chi connectivity index (χ0) is 22.4. The molecule has 0 aromatic heterocycles. The first-order valence-corrected chi connectivity index (χ1v) is 12.6. The minimum atomic E-state index is -3.72. The Bertz CT molecular complexity index is 871. The van der Waals surface area contributed by atoms with E-state index in [1.807, 2.05) is 18.7 Å². The molecule has 31 heavy (non-hydrogen) atoms. The van der Waals surface area contributed by atoms with Gasteiger partial charge in [-0.25, -0.2) is 13.1 Å². The van der Waals surface area contributed by atoms with Crippen LogP contribution in [-0.2, 0) is 19.6 Å². The Morgan fingerprint density at radius 1 is 1.16 bits per heavy atom. The lowest BCUT2D eigenvalue weighted by Crippen LogP contribution is -2.44. The number of nitrogens with zero attached hydrogens (tertiary/aromatic N) is 2. The summed E-state index contributed by atoms with van der Waals surface area (Å²) in [4.78, 5) is 29.1. The van der Waals surface area contributed by atoms with Gasteiger partial charge in [0, 0.05) is 50.8 Å². The predicted octanol–water partition coefficient (Wildman–Crippen LogP) is 1.86. The van der Waals surface area contributed by atoms with E-state index in [-0.39, 0.29) is 35.3 Å². The molecule has 0 radical (unpaired) electrons. The maximum atomic E-state index is 13.0. The molecule has 2 heterocycles. The largest absolute Gasteiger partial charge is 0.377 e. The van der Waals surface area contributed by atoms with Crippen LogP contribution in [0.4, 0.5) is 0 Å². The van der Waals surface area contributed by atoms with Crippen LogP contribution in [0.25, 0.3) is 0 Å². The molecule has 2 aliphatic heterocycles. The van der Waals surface area contributed by atoms with E-state index in [1.165, 1.54) is 12.1 Å². The number of nitrogens with one attached hydrogen (secondary N) is 1. The van der Waals surface area contributed by atoms with Gasteiger partial charge >= 0.3 is 0 Å². The van der Waals surface area contributed by atoms with Gasteiger partial charge in [0.2, 0.25) is 15.9 Å². The van der Waals surface area contributed by atoms with Crippen LogP contribution in [-0.4, -0.2) is 75.5 Å². The SMILES string of the molecule is CCN(CC)C(=O)C1CCN(C(=O)c2cccc(S(=O)(=O)NCC3CCCO3)c2)CC1. The fourth-order valence-electron chi connectivity index (χ4n) is 4.19. The fourth-order valence-corrected chi connectivity index (χ4v) is 5.30. The van der Waals surface area contributed by atoms with Crippen LogP contribution >= 0.6 is 0 Å². The van der Waals surface area contributed by atoms with Crippen LogP contribution in [0.5, 0.6) is 0 Å². The Kier molecular flexibility index (Phi) is 8.07. The van der Waals surface area contributed by atoms with Crippen LogP contribution in [0.1, 0.15) is 49.9 Å². The normalized spacial score (nSPS) is 20.1. The highest BCUT2D eigenvalue weighted by Gasteiger charge is 2.30. The fraction of sp³-hybridized carbons (Fsp3) is 0.636. The number of hydrogen-bond donors (Lipinski definition) is 1. The van der Waals surface area contributed by atoms with Crippen molar-refractivity contribution >= 4 is 21.8 Å². The third-order valence-corrected chi connectivity index (χ3v) is 7.54. The van der Waals surface area contributed by atoms with Gasteiger partial charge in [-0.05, 0) is 57.7 Å². The summed E-state index contributed by atoms with van der Waals surface area (Å²) in [5, 5.41) is 0. The second-order valence-electron chi connectivity index (χ2n) is 8.09. The zero-order valence-corrected chi connectivity index (χ0v) is 19.2. The van der Waals surface area contributed by atoms with Crippen molar-refractivity contribution in [2.75, 3.05) is 39.3 Å². The van der Waals surface area contributed by atoms with Gasteiger partial charge in [-0.1, -0.05) is 6.07 Å². The minimum absolute atomic E-state index is 0.0577. The monoisotopic (exact) mass is 451 g/mol. The van der Waals surface area contributed by atoms with Crippen molar-refractivity contribution < 1.29 is 22.7 Å². The van der Waals surface area contributed by atoms with Crippen molar-refractivity contribution in [3.05, 3.63) is 29.8 Å². The summed E-state index contributed by atoms with van der Waals surface area (Å²) >= 11 is 0. The van der Waals surface area contributed by atoms with E-state index in [0.717, 1.165) is 12.8 Å². The summed E-state index contributed by atoms with van der Waals surface area (Å²) < 4.78 is 33.3. The molecular formula is C22H33N3O5S. The summed E-state index contributed by atoms with van der Waals surface area (Å²) in [5.74, 6) is -0.106. The molecule has 3 rings (SSSR count). The molecule has 1 N–H and O–H groups in total. The standard InChI is InChI=1S/C22H33N3O5S/c1-3-24(4-2)21(26)17-10-12-25(13-11-17)22(27)18-7-5-9-20(15-18)31(28,29)23-16-19-8-6-14-30-19/h5,7,9,15,17,19,23H,3-4,6,8,10-14,16H2,1-2H3. The molecule has 1 aromatic carbocycles. The Morgan fingerprint density at radius 3 is 2.48 bits per heavy atom. The Morgan fingerprint density at radius 2 is 1.87 bits per heavy atom. The Hall–Kier alpha value is -1.97. The number of hydrogen-bond acceptors (Lipinski definition) is 5. The molecule has 0 saturated carbocycles. The third kappa shape index (κ3) is 5.84. The zero-order valence-electron chi connectivity index (χ0n) is 18.4. The van der Waals surface area contributed by atoms with E-state index in [2.05, 4.69) is 4.72 Å². The molecule has 0 aliphatic carbocycles. The second-order valence-corrected chi connectivity index (χ2v) is 9.86. The van der Waals surface area contributed by atoms with E-state index >= 15 is 0 Å². The van der Waals surface area contributed by atoms with Crippen molar-refractivity contribution in [3.8, 4) is 0 Å². The number of carbonyl (C=O) groups is 2. The maximum absolute atomic E-state index is 13.0. The quantitative estimate of drug-likeness (QED) is 0.651. The van der Waals surface area contributed by atoms with Gasteiger partial charge in [-0.15, -0.1) is 0 Å². The lowest BCUT2D eigenvalue weighted by atomic mass is 9.94. The predicted molar refractivity (Wildman–Crippen MR) is 117 cm³/mol. The average molecular weight is 452 g/mol. The molecule has 2 fully saturated rings. The van der Waals surface area contributed by atoms with Crippen molar-refractivity contribution in [2.45, 2.75) is 50.5 Å². The summed E-state index contributed by atoms with van der Waals surface area (Å²) in [7, 11) is -3.72. The average Bonchev–Trinajstić information content (AvgIpc) is 3.32. The van der Waals surface area contributed by atoms with Crippen molar-refractivity contribution in [1.29, 1.82) is 0 Å². The number of benzene rings is 1. The van der Waals surface area contributed by atoms with E-state index < -0.39 is 10.0 Å². The Balaban J connectivity index is 1.60. The van der Waals surface area contributed by atoms with Crippen LogP contribution in [0.3, 0.4) is 0 Å². The highest BCUT2D eigenvalue weighted by molar-refractivity contribution is 7.89. The molecule has 1 unspecified atom stereocenters. The van der Waals surface area contributed by atoms with Crippen LogP contribution in [0.15, 0.2) is 29.2 Å². The lowest BCUT2D eigenvalue weighted by molar-refractivity contribution is -0.136. The molecule has 2 amide bonds. The molecule has 172 valence electrons. The first-order chi connectivity index (χ1) is 14.9. The molecule has 1 aromatic rings. The molecule has 0 spiro atoms. The van der Waals surface area contributed by atoms with Gasteiger partial charge in [0.05, 0.1) is 11.0 Å². The molecule has 0 bridgehead atoms. The molecular weight excluding hydrogens is 418 g/mol. The number of piperidine rings is 1.